The summed E-state index contributed by atoms with van der Waals surface area (Å²) >= 11 is 6.06. The van der Waals surface area contributed by atoms with Crippen LogP contribution >= 0.6 is 11.6 Å². The van der Waals surface area contributed by atoms with Gasteiger partial charge in [0.1, 0.15) is 11.9 Å². The monoisotopic (exact) mass is 496 g/mol. The Balaban J connectivity index is 1.78. The van der Waals surface area contributed by atoms with Crippen LogP contribution < -0.4 is 15.5 Å². The number of hydroxylamine groups is 1. The lowest BCUT2D eigenvalue weighted by Crippen LogP contribution is -2.31. The molecule has 3 rings (SSSR count). The molecule has 0 spiro atoms. The van der Waals surface area contributed by atoms with Gasteiger partial charge < -0.3 is 10.1 Å². The van der Waals surface area contributed by atoms with Crippen LogP contribution in [0.5, 0.6) is 5.75 Å². The molecule has 0 aromatic heterocycles. The average Bonchev–Trinajstić information content (AvgIpc) is 2.82. The summed E-state index contributed by atoms with van der Waals surface area (Å²) in [6.45, 7) is 9.14. The molecular formula is C28H33ClN2O4. The molecule has 1 amide bonds. The van der Waals surface area contributed by atoms with E-state index in [0.717, 1.165) is 39.4 Å². The van der Waals surface area contributed by atoms with E-state index in [1.165, 1.54) is 5.56 Å². The zero-order chi connectivity index (χ0) is 25.4. The van der Waals surface area contributed by atoms with Crippen LogP contribution in [0.25, 0.3) is 11.1 Å². The second-order valence-electron chi connectivity index (χ2n) is 9.04. The van der Waals surface area contributed by atoms with Crippen LogP contribution in [0.15, 0.2) is 60.7 Å². The lowest BCUT2D eigenvalue weighted by molar-refractivity contribution is -0.291. The summed E-state index contributed by atoms with van der Waals surface area (Å²) in [5.41, 5.74) is 8.42. The maximum Gasteiger partial charge on any atom is 0.251 e. The van der Waals surface area contributed by atoms with E-state index in [2.05, 4.69) is 55.6 Å². The molecule has 0 saturated heterocycles. The highest BCUT2D eigenvalue weighted by molar-refractivity contribution is 6.30. The molecule has 1 unspecified atom stereocenters. The van der Waals surface area contributed by atoms with Gasteiger partial charge in [-0.1, -0.05) is 49.7 Å². The van der Waals surface area contributed by atoms with Gasteiger partial charge in [0.25, 0.3) is 5.91 Å². The summed E-state index contributed by atoms with van der Waals surface area (Å²) < 4.78 is 6.51. The number of rotatable bonds is 11. The topological polar surface area (TPSA) is 79.8 Å². The first kappa shape index (κ1) is 26.7. The Kier molecular flexibility index (Phi) is 9.69. The van der Waals surface area contributed by atoms with Crippen molar-refractivity contribution in [3.63, 3.8) is 0 Å². The van der Waals surface area contributed by atoms with Crippen molar-refractivity contribution in [2.45, 2.75) is 40.2 Å². The second kappa shape index (κ2) is 12.7. The van der Waals surface area contributed by atoms with E-state index in [4.69, 9.17) is 21.6 Å². The summed E-state index contributed by atoms with van der Waals surface area (Å²) in [6, 6.07) is 19.5. The minimum absolute atomic E-state index is 0.141. The average molecular weight is 497 g/mol. The molecule has 3 N–H and O–H groups in total. The van der Waals surface area contributed by atoms with Gasteiger partial charge in [-0.3, -0.25) is 4.79 Å². The van der Waals surface area contributed by atoms with Gasteiger partial charge in [-0.25, -0.2) is 5.26 Å². The molecule has 1 atom stereocenters. The largest absolute Gasteiger partial charge is 0.486 e. The third-order valence-corrected chi connectivity index (χ3v) is 5.98. The summed E-state index contributed by atoms with van der Waals surface area (Å²) in [5.74, 6) is 1.06. The molecule has 0 heterocycles. The zero-order valence-electron chi connectivity index (χ0n) is 20.6. The summed E-state index contributed by atoms with van der Waals surface area (Å²) in [6.07, 6.45) is 0.702. The van der Waals surface area contributed by atoms with Gasteiger partial charge in [-0.2, -0.15) is 5.48 Å². The maximum atomic E-state index is 12.3. The molecule has 0 saturated carbocycles. The Morgan fingerprint density at radius 2 is 1.60 bits per heavy atom. The normalized spacial score (nSPS) is 12.0. The fourth-order valence-corrected chi connectivity index (χ4v) is 4.26. The number of nitrogens with one attached hydrogen (secondary N) is 2. The number of halogens is 1. The molecular weight excluding hydrogens is 464 g/mol. The lowest BCUT2D eigenvalue weighted by atomic mass is 9.95. The number of hydrogen-bond acceptors (Lipinski definition) is 5. The van der Waals surface area contributed by atoms with E-state index in [0.29, 0.717) is 24.6 Å². The number of aryl methyl sites for hydroxylation is 2. The van der Waals surface area contributed by atoms with Crippen LogP contribution in [-0.2, 0) is 4.99 Å². The second-order valence-corrected chi connectivity index (χ2v) is 9.47. The third kappa shape index (κ3) is 7.54. The molecule has 3 aromatic carbocycles. The van der Waals surface area contributed by atoms with E-state index < -0.39 is 0 Å². The SMILES string of the molecule is Cc1cc(OC(CC(C)C)c2ccc(C(=O)NCCNOO)cc2)cc(C)c1-c1ccc(Cl)cc1. The smallest absolute Gasteiger partial charge is 0.251 e. The number of benzene rings is 3. The van der Waals surface area contributed by atoms with Crippen molar-refractivity contribution in [2.75, 3.05) is 13.1 Å². The van der Waals surface area contributed by atoms with Crippen molar-refractivity contribution in [1.82, 2.24) is 10.8 Å². The van der Waals surface area contributed by atoms with E-state index in [-0.39, 0.29) is 12.0 Å². The number of carbonyl (C=O) groups is 1. The summed E-state index contributed by atoms with van der Waals surface area (Å²) in [7, 11) is 0. The van der Waals surface area contributed by atoms with Gasteiger partial charge in [0.15, 0.2) is 0 Å². The minimum atomic E-state index is -0.193. The predicted octanol–water partition coefficient (Wildman–Crippen LogP) is 6.51. The van der Waals surface area contributed by atoms with Crippen LogP contribution in [0.3, 0.4) is 0 Å². The molecule has 0 bridgehead atoms. The maximum absolute atomic E-state index is 12.3. The molecule has 6 nitrogen and oxygen atoms in total. The van der Waals surface area contributed by atoms with Crippen LogP contribution in [0.4, 0.5) is 0 Å². The molecule has 0 aliphatic carbocycles. The number of hydrogen-bond donors (Lipinski definition) is 3. The first-order valence-electron chi connectivity index (χ1n) is 11.7. The highest BCUT2D eigenvalue weighted by Gasteiger charge is 2.18. The first-order chi connectivity index (χ1) is 16.8. The van der Waals surface area contributed by atoms with E-state index in [1.54, 1.807) is 12.1 Å². The lowest BCUT2D eigenvalue weighted by Gasteiger charge is -2.23. The Morgan fingerprint density at radius 3 is 2.17 bits per heavy atom. The molecule has 35 heavy (non-hydrogen) atoms. The van der Waals surface area contributed by atoms with Gasteiger partial charge in [0, 0.05) is 23.7 Å². The van der Waals surface area contributed by atoms with Gasteiger partial charge in [0.05, 0.1) is 0 Å². The van der Waals surface area contributed by atoms with Crippen molar-refractivity contribution >= 4 is 17.5 Å². The van der Waals surface area contributed by atoms with Gasteiger partial charge in [0.2, 0.25) is 0 Å². The minimum Gasteiger partial charge on any atom is -0.486 e. The van der Waals surface area contributed by atoms with Crippen LogP contribution in [0, 0.1) is 19.8 Å². The van der Waals surface area contributed by atoms with Crippen molar-refractivity contribution < 1.29 is 19.8 Å². The van der Waals surface area contributed by atoms with E-state index in [1.807, 2.05) is 36.4 Å². The fraction of sp³-hybridized carbons (Fsp3) is 0.321. The highest BCUT2D eigenvalue weighted by atomic mass is 35.5. The molecule has 186 valence electrons. The molecule has 0 fully saturated rings. The molecule has 0 radical (unpaired) electrons. The summed E-state index contributed by atoms with van der Waals surface area (Å²) in [4.78, 5) is 16.1. The highest BCUT2D eigenvalue weighted by Crippen LogP contribution is 2.34. The van der Waals surface area contributed by atoms with E-state index in [9.17, 15) is 4.79 Å². The van der Waals surface area contributed by atoms with E-state index >= 15 is 0 Å². The van der Waals surface area contributed by atoms with Crippen LogP contribution in [-0.4, -0.2) is 24.3 Å². The van der Waals surface area contributed by atoms with Crippen molar-refractivity contribution in [2.24, 2.45) is 5.92 Å². The van der Waals surface area contributed by atoms with Crippen molar-refractivity contribution in [3.8, 4) is 16.9 Å². The Hall–Kier alpha value is -2.90. The Labute approximate surface area is 212 Å². The molecule has 0 aliphatic heterocycles. The van der Waals surface area contributed by atoms with Crippen LogP contribution in [0.1, 0.15) is 53.4 Å². The number of amides is 1. The quantitative estimate of drug-likeness (QED) is 0.160. The van der Waals surface area contributed by atoms with Crippen LogP contribution in [0.2, 0.25) is 5.02 Å². The van der Waals surface area contributed by atoms with Crippen molar-refractivity contribution in [1.29, 1.82) is 0 Å². The number of carbonyl (C=O) groups excluding carboxylic acids is 1. The van der Waals surface area contributed by atoms with Crippen molar-refractivity contribution in [3.05, 3.63) is 87.9 Å². The number of ether oxygens (including phenoxy) is 1. The molecule has 0 aliphatic rings. The summed E-state index contributed by atoms with van der Waals surface area (Å²) in [5, 5.41) is 11.7. The van der Waals surface area contributed by atoms with Gasteiger partial charge in [-0.15, -0.1) is 4.99 Å². The Bertz CT molecular complexity index is 1090. The zero-order valence-corrected chi connectivity index (χ0v) is 21.4. The molecule has 7 heteroatoms. The first-order valence-corrected chi connectivity index (χ1v) is 12.1. The molecule has 3 aromatic rings. The fourth-order valence-electron chi connectivity index (χ4n) is 4.13. The third-order valence-electron chi connectivity index (χ3n) is 5.72. The van der Waals surface area contributed by atoms with Gasteiger partial charge >= 0.3 is 0 Å². The Morgan fingerprint density at radius 1 is 0.971 bits per heavy atom. The van der Waals surface area contributed by atoms with Gasteiger partial charge in [-0.05, 0) is 90.4 Å². The predicted molar refractivity (Wildman–Crippen MR) is 140 cm³/mol. The standard InChI is InChI=1S/C28H33ClN2O4/c1-18(2)15-26(21-5-7-23(8-6-21)28(32)30-13-14-31-35-33)34-25-16-19(3)27(20(4)17-25)22-9-11-24(29)12-10-22/h5-12,16-18,26,31,33H,13-15H2,1-4H3,(H,30,32).